The molecule has 110 valence electrons. The van der Waals surface area contributed by atoms with E-state index in [1.807, 2.05) is 6.07 Å². The predicted octanol–water partition coefficient (Wildman–Crippen LogP) is 1.86. The molecule has 0 radical (unpaired) electrons. The molecule has 0 bridgehead atoms. The van der Waals surface area contributed by atoms with Gasteiger partial charge in [0.1, 0.15) is 5.82 Å². The number of nitrogens with one attached hydrogen (secondary N) is 1. The van der Waals surface area contributed by atoms with Gasteiger partial charge in [0.2, 0.25) is 0 Å². The summed E-state index contributed by atoms with van der Waals surface area (Å²) in [7, 11) is 0. The summed E-state index contributed by atoms with van der Waals surface area (Å²) in [5.74, 6) is 0.625. The second-order valence-electron chi connectivity index (χ2n) is 4.99. The van der Waals surface area contributed by atoms with Gasteiger partial charge in [-0.25, -0.2) is 9.78 Å². The van der Waals surface area contributed by atoms with E-state index in [9.17, 15) is 4.79 Å². The lowest BCUT2D eigenvalue weighted by Crippen LogP contribution is -2.14. The summed E-state index contributed by atoms with van der Waals surface area (Å²) in [6, 6.07) is 4.12. The number of carbonyl (C=O) groups is 1. The fourth-order valence-electron chi connectivity index (χ4n) is 2.39. The maximum Gasteiger partial charge on any atom is 0.341 e. The minimum Gasteiger partial charge on any atom is -0.462 e. The third-order valence-electron chi connectivity index (χ3n) is 3.42. The standard InChI is InChI=1S/C15H18N4O2/c1-2-21-15(20)12-8-17-19(9-12)10-13-6-5-11-4-3-7-16-14(11)18-13/h5-6,8-9H,2-4,7,10H2,1H3,(H,16,18). The maximum atomic E-state index is 11.6. The van der Waals surface area contributed by atoms with Crippen molar-refractivity contribution in [3.05, 3.63) is 41.3 Å². The van der Waals surface area contributed by atoms with Gasteiger partial charge in [-0.15, -0.1) is 0 Å². The van der Waals surface area contributed by atoms with Crippen molar-refractivity contribution in [3.63, 3.8) is 0 Å². The lowest BCUT2D eigenvalue weighted by Gasteiger charge is -2.17. The van der Waals surface area contributed by atoms with Crippen molar-refractivity contribution < 1.29 is 9.53 Å². The smallest absolute Gasteiger partial charge is 0.341 e. The van der Waals surface area contributed by atoms with Crippen LogP contribution in [-0.2, 0) is 17.7 Å². The monoisotopic (exact) mass is 286 g/mol. The van der Waals surface area contributed by atoms with Crippen LogP contribution in [0.1, 0.15) is 35.0 Å². The minimum atomic E-state index is -0.344. The van der Waals surface area contributed by atoms with Crippen LogP contribution in [0.5, 0.6) is 0 Å². The molecule has 0 unspecified atom stereocenters. The number of aromatic nitrogens is 3. The van der Waals surface area contributed by atoms with E-state index in [1.165, 1.54) is 11.8 Å². The van der Waals surface area contributed by atoms with Crippen LogP contribution in [0.15, 0.2) is 24.5 Å². The number of hydrogen-bond acceptors (Lipinski definition) is 5. The summed E-state index contributed by atoms with van der Waals surface area (Å²) in [5.41, 5.74) is 2.65. The van der Waals surface area contributed by atoms with Gasteiger partial charge in [0.15, 0.2) is 0 Å². The molecule has 2 aromatic heterocycles. The Hall–Kier alpha value is -2.37. The highest BCUT2D eigenvalue weighted by molar-refractivity contribution is 5.88. The number of esters is 1. The molecule has 0 fully saturated rings. The maximum absolute atomic E-state index is 11.6. The molecule has 1 N–H and O–H groups in total. The average molecular weight is 286 g/mol. The van der Waals surface area contributed by atoms with Crippen LogP contribution in [-0.4, -0.2) is 33.9 Å². The Morgan fingerprint density at radius 2 is 2.38 bits per heavy atom. The first kappa shape index (κ1) is 13.6. The van der Waals surface area contributed by atoms with Crippen molar-refractivity contribution in [2.75, 3.05) is 18.5 Å². The highest BCUT2D eigenvalue weighted by Gasteiger charge is 2.12. The molecule has 0 atom stereocenters. The molecule has 2 aromatic rings. The van der Waals surface area contributed by atoms with E-state index in [2.05, 4.69) is 21.5 Å². The summed E-state index contributed by atoms with van der Waals surface area (Å²) >= 11 is 0. The molecule has 3 rings (SSSR count). The molecule has 0 spiro atoms. The summed E-state index contributed by atoms with van der Waals surface area (Å²) in [5, 5.41) is 7.50. The quantitative estimate of drug-likeness (QED) is 0.869. The van der Waals surface area contributed by atoms with E-state index in [4.69, 9.17) is 4.74 Å². The Morgan fingerprint density at radius 1 is 1.48 bits per heavy atom. The molecule has 0 saturated carbocycles. The number of pyridine rings is 1. The third kappa shape index (κ3) is 3.04. The Balaban J connectivity index is 1.73. The van der Waals surface area contributed by atoms with Crippen molar-refractivity contribution in [1.82, 2.24) is 14.8 Å². The number of anilines is 1. The fourth-order valence-corrected chi connectivity index (χ4v) is 2.39. The number of ether oxygens (including phenoxy) is 1. The number of rotatable bonds is 4. The molecule has 0 aliphatic carbocycles. The van der Waals surface area contributed by atoms with Gasteiger partial charge in [-0.1, -0.05) is 6.07 Å². The highest BCUT2D eigenvalue weighted by Crippen LogP contribution is 2.19. The number of fused-ring (bicyclic) bond motifs is 1. The molecule has 0 aromatic carbocycles. The van der Waals surface area contributed by atoms with Crippen molar-refractivity contribution in [1.29, 1.82) is 0 Å². The van der Waals surface area contributed by atoms with Crippen molar-refractivity contribution in [2.24, 2.45) is 0 Å². The number of nitrogens with zero attached hydrogens (tertiary/aromatic N) is 3. The topological polar surface area (TPSA) is 69.0 Å². The van der Waals surface area contributed by atoms with Gasteiger partial charge in [-0.2, -0.15) is 5.10 Å². The molecule has 21 heavy (non-hydrogen) atoms. The van der Waals surface area contributed by atoms with E-state index in [0.717, 1.165) is 30.9 Å². The van der Waals surface area contributed by atoms with Gasteiger partial charge in [0, 0.05) is 12.7 Å². The molecule has 0 saturated heterocycles. The molecule has 1 aliphatic rings. The Morgan fingerprint density at radius 3 is 3.24 bits per heavy atom. The van der Waals surface area contributed by atoms with Crippen LogP contribution < -0.4 is 5.32 Å². The number of carbonyl (C=O) groups excluding carboxylic acids is 1. The van der Waals surface area contributed by atoms with Crippen LogP contribution in [0.2, 0.25) is 0 Å². The second kappa shape index (κ2) is 5.95. The van der Waals surface area contributed by atoms with Gasteiger partial charge < -0.3 is 10.1 Å². The molecule has 3 heterocycles. The second-order valence-corrected chi connectivity index (χ2v) is 4.99. The Kier molecular flexibility index (Phi) is 3.85. The lowest BCUT2D eigenvalue weighted by molar-refractivity contribution is 0.0526. The molecule has 6 heteroatoms. The van der Waals surface area contributed by atoms with E-state index in [-0.39, 0.29) is 5.97 Å². The molecular formula is C15H18N4O2. The largest absolute Gasteiger partial charge is 0.462 e. The third-order valence-corrected chi connectivity index (χ3v) is 3.42. The molecule has 1 aliphatic heterocycles. The van der Waals surface area contributed by atoms with Crippen LogP contribution in [0, 0.1) is 0 Å². The van der Waals surface area contributed by atoms with Gasteiger partial charge >= 0.3 is 5.97 Å². The summed E-state index contributed by atoms with van der Waals surface area (Å²) < 4.78 is 6.65. The van der Waals surface area contributed by atoms with Gasteiger partial charge in [-0.05, 0) is 31.4 Å². The zero-order valence-electron chi connectivity index (χ0n) is 12.0. The predicted molar refractivity (Wildman–Crippen MR) is 78.3 cm³/mol. The fraction of sp³-hybridized carbons (Fsp3) is 0.400. The summed E-state index contributed by atoms with van der Waals surface area (Å²) in [6.07, 6.45) is 5.43. The average Bonchev–Trinajstić information content (AvgIpc) is 2.96. The van der Waals surface area contributed by atoms with E-state index in [1.54, 1.807) is 17.8 Å². The van der Waals surface area contributed by atoms with Crippen molar-refractivity contribution in [3.8, 4) is 0 Å². The first-order chi connectivity index (χ1) is 10.3. The van der Waals surface area contributed by atoms with Crippen molar-refractivity contribution >= 4 is 11.8 Å². The lowest BCUT2D eigenvalue weighted by atomic mass is 10.1. The first-order valence-electron chi connectivity index (χ1n) is 7.18. The van der Waals surface area contributed by atoms with Gasteiger partial charge in [-0.3, -0.25) is 4.68 Å². The SMILES string of the molecule is CCOC(=O)c1cnn(Cc2ccc3c(n2)NCCC3)c1. The van der Waals surface area contributed by atoms with Crippen LogP contribution in [0.4, 0.5) is 5.82 Å². The van der Waals surface area contributed by atoms with Crippen LogP contribution >= 0.6 is 0 Å². The van der Waals surface area contributed by atoms with Crippen LogP contribution in [0.3, 0.4) is 0 Å². The number of aryl methyl sites for hydroxylation is 1. The van der Waals surface area contributed by atoms with E-state index < -0.39 is 0 Å². The zero-order chi connectivity index (χ0) is 14.7. The van der Waals surface area contributed by atoms with E-state index in [0.29, 0.717) is 18.7 Å². The Bertz CT molecular complexity index is 651. The summed E-state index contributed by atoms with van der Waals surface area (Å²) in [4.78, 5) is 16.2. The molecule has 0 amide bonds. The highest BCUT2D eigenvalue weighted by atomic mass is 16.5. The zero-order valence-corrected chi connectivity index (χ0v) is 12.0. The van der Waals surface area contributed by atoms with Crippen LogP contribution in [0.25, 0.3) is 0 Å². The normalized spacial score (nSPS) is 13.4. The van der Waals surface area contributed by atoms with Gasteiger partial charge in [0.05, 0.1) is 30.6 Å². The minimum absolute atomic E-state index is 0.344. The molecule has 6 nitrogen and oxygen atoms in total. The first-order valence-corrected chi connectivity index (χ1v) is 7.18. The van der Waals surface area contributed by atoms with Gasteiger partial charge in [0.25, 0.3) is 0 Å². The Labute approximate surface area is 123 Å². The van der Waals surface area contributed by atoms with E-state index >= 15 is 0 Å². The van der Waals surface area contributed by atoms with Crippen molar-refractivity contribution in [2.45, 2.75) is 26.3 Å². The number of hydrogen-bond donors (Lipinski definition) is 1. The molecular weight excluding hydrogens is 268 g/mol. The summed E-state index contributed by atoms with van der Waals surface area (Å²) in [6.45, 7) is 3.65.